The first-order valence-corrected chi connectivity index (χ1v) is 10.8. The second-order valence-corrected chi connectivity index (χ2v) is 8.72. The molecule has 2 aromatic carbocycles. The summed E-state index contributed by atoms with van der Waals surface area (Å²) in [6.45, 7) is 0.868. The van der Waals surface area contributed by atoms with Gasteiger partial charge in [0, 0.05) is 29.2 Å². The number of sulfonamides is 1. The molecular weight excluding hydrogens is 416 g/mol. The van der Waals surface area contributed by atoms with Gasteiger partial charge in [-0.2, -0.15) is 12.8 Å². The predicted molar refractivity (Wildman–Crippen MR) is 108 cm³/mol. The smallest absolute Gasteiger partial charge is 0.282 e. The first kappa shape index (κ1) is 20.1. The summed E-state index contributed by atoms with van der Waals surface area (Å²) in [5.74, 6) is -1.73. The summed E-state index contributed by atoms with van der Waals surface area (Å²) in [6.07, 6.45) is 1.50. The van der Waals surface area contributed by atoms with E-state index >= 15 is 0 Å². The second-order valence-electron chi connectivity index (χ2n) is 6.68. The molecule has 9 heteroatoms. The molecule has 2 aromatic rings. The Hall–Kier alpha value is -2.23. The molecule has 0 saturated carbocycles. The van der Waals surface area contributed by atoms with Crippen LogP contribution >= 0.6 is 11.6 Å². The van der Waals surface area contributed by atoms with Crippen LogP contribution in [0.2, 0.25) is 5.02 Å². The van der Waals surface area contributed by atoms with E-state index in [0.29, 0.717) is 28.4 Å². The minimum atomic E-state index is -4.01. The fraction of sp³-hybridized carbons (Fsp3) is 0.250. The van der Waals surface area contributed by atoms with Crippen LogP contribution in [-0.4, -0.2) is 55.5 Å². The average molecular weight is 435 g/mol. The van der Waals surface area contributed by atoms with Gasteiger partial charge in [0.1, 0.15) is 0 Å². The van der Waals surface area contributed by atoms with Crippen molar-refractivity contribution in [2.45, 2.75) is 10.7 Å². The lowest BCUT2D eigenvalue weighted by molar-refractivity contribution is -0.219. The molecule has 0 radical (unpaired) electrons. The number of allylic oxidation sites excluding steroid dienone is 1. The third kappa shape index (κ3) is 3.58. The number of hydrogen-bond donors (Lipinski definition) is 2. The first-order chi connectivity index (χ1) is 13.8. The van der Waals surface area contributed by atoms with E-state index in [2.05, 4.69) is 4.40 Å². The van der Waals surface area contributed by atoms with Gasteiger partial charge in [0.2, 0.25) is 5.79 Å². The molecule has 7 nitrogen and oxygen atoms in total. The lowest BCUT2D eigenvalue weighted by atomic mass is 9.86. The number of rotatable bonds is 4. The third-order valence-corrected chi connectivity index (χ3v) is 6.46. The maximum Gasteiger partial charge on any atom is 0.282 e. The fourth-order valence-electron chi connectivity index (χ4n) is 3.54. The van der Waals surface area contributed by atoms with E-state index < -0.39 is 15.8 Å². The van der Waals surface area contributed by atoms with Crippen molar-refractivity contribution in [3.63, 3.8) is 0 Å². The Morgan fingerprint density at radius 1 is 1.17 bits per heavy atom. The van der Waals surface area contributed by atoms with Gasteiger partial charge in [0.25, 0.3) is 10.0 Å². The summed E-state index contributed by atoms with van der Waals surface area (Å²) in [7, 11) is -4.01. The molecule has 1 heterocycles. The molecule has 1 atom stereocenters. The number of ether oxygens (including phenoxy) is 1. The van der Waals surface area contributed by atoms with Gasteiger partial charge < -0.3 is 19.8 Å². The number of aliphatic hydroxyl groups is 2. The van der Waals surface area contributed by atoms with Crippen LogP contribution in [-0.2, 0) is 20.5 Å². The maximum atomic E-state index is 12.9. The normalized spacial score (nSPS) is 22.8. The number of halogens is 1. The highest BCUT2D eigenvalue weighted by atomic mass is 35.5. The molecule has 0 unspecified atom stereocenters. The van der Waals surface area contributed by atoms with Crippen molar-refractivity contribution in [1.29, 1.82) is 0 Å². The molecule has 1 aliphatic heterocycles. The van der Waals surface area contributed by atoms with Crippen LogP contribution in [0.5, 0.6) is 0 Å². The summed E-state index contributed by atoms with van der Waals surface area (Å²) < 4.78 is 35.5. The van der Waals surface area contributed by atoms with E-state index in [1.165, 1.54) is 30.3 Å². The van der Waals surface area contributed by atoms with E-state index in [0.717, 1.165) is 0 Å². The Morgan fingerprint density at radius 2 is 1.90 bits per heavy atom. The second kappa shape index (κ2) is 7.55. The standard InChI is InChI=1S/C20H19ClN2O5S/c21-14-5-7-15(8-6-14)29(26,27)22-18-13-19-20(25,17-4-2-1-3-16(17)18)28-12-10-23(19)9-11-24/h1-8,13,24-25H,9-12H2/t20-/m0/s1. The van der Waals surface area contributed by atoms with Gasteiger partial charge >= 0.3 is 0 Å². The largest absolute Gasteiger partial charge is 0.395 e. The summed E-state index contributed by atoms with van der Waals surface area (Å²) in [6, 6.07) is 12.6. The van der Waals surface area contributed by atoms with Crippen molar-refractivity contribution >= 4 is 27.3 Å². The van der Waals surface area contributed by atoms with E-state index in [1.54, 1.807) is 29.2 Å². The highest BCUT2D eigenvalue weighted by Gasteiger charge is 2.46. The van der Waals surface area contributed by atoms with Crippen LogP contribution in [0.15, 0.2) is 69.6 Å². The molecule has 2 aliphatic rings. The first-order valence-electron chi connectivity index (χ1n) is 9.00. The van der Waals surface area contributed by atoms with Gasteiger partial charge in [-0.15, -0.1) is 0 Å². The summed E-state index contributed by atoms with van der Waals surface area (Å²) in [5.41, 5.74) is 1.40. The van der Waals surface area contributed by atoms with Crippen LogP contribution in [0.4, 0.5) is 0 Å². The van der Waals surface area contributed by atoms with Crippen molar-refractivity contribution in [3.8, 4) is 0 Å². The van der Waals surface area contributed by atoms with Crippen molar-refractivity contribution in [1.82, 2.24) is 4.90 Å². The molecule has 4 rings (SSSR count). The minimum Gasteiger partial charge on any atom is -0.395 e. The summed E-state index contributed by atoms with van der Waals surface area (Å²) in [4.78, 5) is 1.78. The monoisotopic (exact) mass is 434 g/mol. The Morgan fingerprint density at radius 3 is 2.62 bits per heavy atom. The molecule has 0 amide bonds. The number of hydrogen-bond acceptors (Lipinski definition) is 6. The van der Waals surface area contributed by atoms with E-state index in [9.17, 15) is 18.6 Å². The number of fused-ring (bicyclic) bond motifs is 3. The van der Waals surface area contributed by atoms with Crippen molar-refractivity contribution in [2.75, 3.05) is 26.3 Å². The number of β-amino-alcohol motifs (C(OH)–C–C–N with tert-alkyl or cyclic N) is 1. The molecule has 0 spiro atoms. The predicted octanol–water partition coefficient (Wildman–Crippen LogP) is 1.89. The molecule has 0 aromatic heterocycles. The molecule has 29 heavy (non-hydrogen) atoms. The highest BCUT2D eigenvalue weighted by Crippen LogP contribution is 2.41. The van der Waals surface area contributed by atoms with E-state index in [-0.39, 0.29) is 30.4 Å². The fourth-order valence-corrected chi connectivity index (χ4v) is 4.66. The van der Waals surface area contributed by atoms with Crippen molar-refractivity contribution in [3.05, 3.63) is 76.5 Å². The lowest BCUT2D eigenvalue weighted by Gasteiger charge is -2.45. The SMILES string of the molecule is O=S(=O)(N=C1C=C2N(CCO)CCO[C@@]2(O)c2ccccc21)c1ccc(Cl)cc1. The Kier molecular flexibility index (Phi) is 5.22. The number of aliphatic hydroxyl groups excluding tert-OH is 1. The zero-order valence-corrected chi connectivity index (χ0v) is 16.9. The average Bonchev–Trinajstić information content (AvgIpc) is 2.70. The van der Waals surface area contributed by atoms with Crippen LogP contribution in [0.25, 0.3) is 0 Å². The van der Waals surface area contributed by atoms with E-state index in [4.69, 9.17) is 16.3 Å². The van der Waals surface area contributed by atoms with Crippen LogP contribution in [0.3, 0.4) is 0 Å². The maximum absolute atomic E-state index is 12.9. The Balaban J connectivity index is 1.88. The number of morpholine rings is 1. The Bertz CT molecular complexity index is 1100. The molecule has 1 aliphatic carbocycles. The van der Waals surface area contributed by atoms with E-state index in [1.807, 2.05) is 0 Å². The Labute approximate surface area is 173 Å². The molecular formula is C20H19ClN2O5S. The molecule has 1 saturated heterocycles. The lowest BCUT2D eigenvalue weighted by Crippen LogP contribution is -2.50. The zero-order valence-electron chi connectivity index (χ0n) is 15.3. The van der Waals surface area contributed by atoms with Gasteiger partial charge in [-0.1, -0.05) is 35.9 Å². The molecule has 152 valence electrons. The third-order valence-electron chi connectivity index (χ3n) is 4.90. The van der Waals surface area contributed by atoms with Gasteiger partial charge in [0.15, 0.2) is 0 Å². The van der Waals surface area contributed by atoms with Crippen LogP contribution in [0, 0.1) is 0 Å². The minimum absolute atomic E-state index is 0.0122. The van der Waals surface area contributed by atoms with Gasteiger partial charge in [-0.05, 0) is 30.3 Å². The number of benzene rings is 2. The van der Waals surface area contributed by atoms with Gasteiger partial charge in [-0.25, -0.2) is 0 Å². The van der Waals surface area contributed by atoms with Crippen molar-refractivity contribution < 1.29 is 23.4 Å². The summed E-state index contributed by atoms with van der Waals surface area (Å²) >= 11 is 5.85. The van der Waals surface area contributed by atoms with Crippen LogP contribution < -0.4 is 0 Å². The molecule has 1 fully saturated rings. The molecule has 0 bridgehead atoms. The number of nitrogens with zero attached hydrogens (tertiary/aromatic N) is 2. The van der Waals surface area contributed by atoms with Crippen molar-refractivity contribution in [2.24, 2.45) is 4.40 Å². The quantitative estimate of drug-likeness (QED) is 0.762. The van der Waals surface area contributed by atoms with Gasteiger partial charge in [-0.3, -0.25) is 0 Å². The summed E-state index contributed by atoms with van der Waals surface area (Å²) in [5, 5.41) is 21.1. The van der Waals surface area contributed by atoms with Crippen LogP contribution in [0.1, 0.15) is 11.1 Å². The zero-order chi connectivity index (χ0) is 20.6. The highest BCUT2D eigenvalue weighted by molar-refractivity contribution is 7.90. The van der Waals surface area contributed by atoms with Gasteiger partial charge in [0.05, 0.1) is 29.5 Å². The topological polar surface area (TPSA) is 99.4 Å². The molecule has 2 N–H and O–H groups in total.